The first-order valence-electron chi connectivity index (χ1n) is 10.9. The molecular formula is C25H29N3O6. The van der Waals surface area contributed by atoms with Crippen LogP contribution in [0.5, 0.6) is 0 Å². The number of ether oxygens (including phenoxy) is 2. The summed E-state index contributed by atoms with van der Waals surface area (Å²) in [6, 6.07) is 14.5. The van der Waals surface area contributed by atoms with Gasteiger partial charge in [0.15, 0.2) is 0 Å². The van der Waals surface area contributed by atoms with E-state index in [0.717, 1.165) is 22.3 Å². The number of benzene rings is 2. The number of hydrogen-bond donors (Lipinski definition) is 2. The molecule has 1 aliphatic rings. The first-order chi connectivity index (χ1) is 16.0. The topological polar surface area (TPSA) is 129 Å². The molecule has 0 saturated carbocycles. The predicted molar refractivity (Wildman–Crippen MR) is 126 cm³/mol. The van der Waals surface area contributed by atoms with Crippen LogP contribution in [0, 0.1) is 0 Å². The quantitative estimate of drug-likeness (QED) is 0.210. The second-order valence-electron chi connectivity index (χ2n) is 8.96. The van der Waals surface area contributed by atoms with Gasteiger partial charge in [0, 0.05) is 5.92 Å². The maximum Gasteiger partial charge on any atom is 0.407 e. The van der Waals surface area contributed by atoms with Gasteiger partial charge in [-0.3, -0.25) is 0 Å². The lowest BCUT2D eigenvalue weighted by Gasteiger charge is -2.24. The number of nitrogens with two attached hydrogens (primary N) is 1. The van der Waals surface area contributed by atoms with E-state index in [9.17, 15) is 14.4 Å². The summed E-state index contributed by atoms with van der Waals surface area (Å²) >= 11 is 0. The van der Waals surface area contributed by atoms with E-state index in [4.69, 9.17) is 15.2 Å². The fourth-order valence-corrected chi connectivity index (χ4v) is 3.68. The lowest BCUT2D eigenvalue weighted by Crippen LogP contribution is -2.46. The molecule has 1 amide bonds. The van der Waals surface area contributed by atoms with Crippen LogP contribution in [-0.2, 0) is 23.9 Å². The molecule has 2 aromatic rings. The summed E-state index contributed by atoms with van der Waals surface area (Å²) in [7, 11) is 0. The van der Waals surface area contributed by atoms with Crippen molar-refractivity contribution in [1.29, 1.82) is 0 Å². The molecule has 1 aliphatic carbocycles. The summed E-state index contributed by atoms with van der Waals surface area (Å²) < 4.78 is 10.8. The number of carbonyl (C=O) groups excluding carboxylic acids is 3. The molecule has 3 N–H and O–H groups in total. The second kappa shape index (κ2) is 10.4. The minimum atomic E-state index is -1.32. The molecule has 9 nitrogen and oxygen atoms in total. The van der Waals surface area contributed by atoms with Crippen molar-refractivity contribution in [3.8, 4) is 11.1 Å². The van der Waals surface area contributed by atoms with Crippen molar-refractivity contribution in [2.24, 2.45) is 10.9 Å². The zero-order valence-corrected chi connectivity index (χ0v) is 19.7. The Kier molecular flexibility index (Phi) is 7.55. The SMILES string of the molecule is C/C(N)=N/OC(=O)C[C@H](NC(=O)OCC1c2ccccc2-c2ccccc21)C(=O)OC(C)(C)C. The van der Waals surface area contributed by atoms with E-state index in [-0.39, 0.29) is 18.4 Å². The molecule has 9 heteroatoms. The van der Waals surface area contributed by atoms with Crippen LogP contribution >= 0.6 is 0 Å². The Balaban J connectivity index is 1.69. The van der Waals surface area contributed by atoms with Crippen molar-refractivity contribution in [3.05, 3.63) is 59.7 Å². The molecule has 180 valence electrons. The summed E-state index contributed by atoms with van der Waals surface area (Å²) in [5.74, 6) is -1.78. The van der Waals surface area contributed by atoms with Crippen LogP contribution in [-0.4, -0.2) is 42.1 Å². The summed E-state index contributed by atoms with van der Waals surface area (Å²) in [6.07, 6.45) is -1.36. The molecule has 0 heterocycles. The Hall–Kier alpha value is -3.88. The van der Waals surface area contributed by atoms with Gasteiger partial charge in [0.1, 0.15) is 24.1 Å². The van der Waals surface area contributed by atoms with Crippen molar-refractivity contribution in [2.45, 2.75) is 51.7 Å². The normalized spacial score (nSPS) is 13.9. The summed E-state index contributed by atoms with van der Waals surface area (Å²) in [5, 5.41) is 5.78. The van der Waals surface area contributed by atoms with Crippen molar-refractivity contribution in [2.75, 3.05) is 6.61 Å². The number of esters is 1. The summed E-state index contributed by atoms with van der Waals surface area (Å²) in [4.78, 5) is 41.9. The summed E-state index contributed by atoms with van der Waals surface area (Å²) in [6.45, 7) is 6.52. The fourth-order valence-electron chi connectivity index (χ4n) is 3.68. The number of hydrogen-bond acceptors (Lipinski definition) is 7. The van der Waals surface area contributed by atoms with Crippen LogP contribution < -0.4 is 11.1 Å². The van der Waals surface area contributed by atoms with E-state index in [1.54, 1.807) is 20.8 Å². The number of nitrogens with one attached hydrogen (secondary N) is 1. The Morgan fingerprint density at radius 2 is 1.59 bits per heavy atom. The second-order valence-corrected chi connectivity index (χ2v) is 8.96. The number of amidine groups is 1. The molecule has 0 unspecified atom stereocenters. The van der Waals surface area contributed by atoms with Gasteiger partial charge in [0.25, 0.3) is 0 Å². The van der Waals surface area contributed by atoms with Crippen molar-refractivity contribution in [1.82, 2.24) is 5.32 Å². The van der Waals surface area contributed by atoms with Crippen LogP contribution in [0.3, 0.4) is 0 Å². The van der Waals surface area contributed by atoms with E-state index in [0.29, 0.717) is 0 Å². The van der Waals surface area contributed by atoms with Gasteiger partial charge < -0.3 is 25.4 Å². The molecule has 0 bridgehead atoms. The number of amides is 1. The minimum absolute atomic E-state index is 0.0339. The lowest BCUT2D eigenvalue weighted by molar-refractivity contribution is -0.160. The van der Waals surface area contributed by atoms with E-state index in [1.807, 2.05) is 48.5 Å². The third kappa shape index (κ3) is 6.34. The number of fused-ring (bicyclic) bond motifs is 3. The maximum atomic E-state index is 12.6. The van der Waals surface area contributed by atoms with Crippen LogP contribution in [0.2, 0.25) is 0 Å². The molecule has 0 spiro atoms. The van der Waals surface area contributed by atoms with Gasteiger partial charge in [-0.1, -0.05) is 53.7 Å². The Morgan fingerprint density at radius 1 is 1.03 bits per heavy atom. The van der Waals surface area contributed by atoms with Crippen molar-refractivity contribution < 1.29 is 28.7 Å². The zero-order chi connectivity index (χ0) is 24.9. The Labute approximate surface area is 198 Å². The molecular weight excluding hydrogens is 438 g/mol. The number of oxime groups is 1. The first-order valence-corrected chi connectivity index (χ1v) is 10.9. The molecule has 0 aliphatic heterocycles. The monoisotopic (exact) mass is 467 g/mol. The van der Waals surface area contributed by atoms with Gasteiger partial charge in [0.2, 0.25) is 0 Å². The maximum absolute atomic E-state index is 12.6. The van der Waals surface area contributed by atoms with Gasteiger partial charge in [-0.15, -0.1) is 0 Å². The number of nitrogens with zero attached hydrogens (tertiary/aromatic N) is 1. The smallest absolute Gasteiger partial charge is 0.407 e. The van der Waals surface area contributed by atoms with Crippen LogP contribution in [0.25, 0.3) is 11.1 Å². The first kappa shape index (κ1) is 24.8. The molecule has 2 aromatic carbocycles. The Bertz CT molecular complexity index is 1060. The molecule has 0 aromatic heterocycles. The van der Waals surface area contributed by atoms with E-state index in [1.165, 1.54) is 6.92 Å². The molecule has 1 atom stereocenters. The number of alkyl carbamates (subject to hydrolysis) is 1. The average molecular weight is 468 g/mol. The van der Waals surface area contributed by atoms with Gasteiger partial charge >= 0.3 is 18.0 Å². The van der Waals surface area contributed by atoms with Crippen LogP contribution in [0.4, 0.5) is 4.79 Å². The highest BCUT2D eigenvalue weighted by atomic mass is 16.7. The summed E-state index contributed by atoms with van der Waals surface area (Å²) in [5.41, 5.74) is 8.83. The molecule has 3 rings (SSSR count). The van der Waals surface area contributed by atoms with Crippen molar-refractivity contribution in [3.63, 3.8) is 0 Å². The molecule has 0 fully saturated rings. The van der Waals surface area contributed by atoms with Crippen molar-refractivity contribution >= 4 is 23.9 Å². The fraction of sp³-hybridized carbons (Fsp3) is 0.360. The third-order valence-electron chi connectivity index (χ3n) is 4.99. The highest BCUT2D eigenvalue weighted by Crippen LogP contribution is 2.44. The van der Waals surface area contributed by atoms with Gasteiger partial charge in [-0.05, 0) is 49.9 Å². The van der Waals surface area contributed by atoms with E-state index >= 15 is 0 Å². The van der Waals surface area contributed by atoms with Gasteiger partial charge in [0.05, 0.1) is 6.42 Å². The molecule has 0 saturated heterocycles. The van der Waals surface area contributed by atoms with Crippen LogP contribution in [0.15, 0.2) is 53.7 Å². The number of carbonyl (C=O) groups is 3. The van der Waals surface area contributed by atoms with Gasteiger partial charge in [-0.25, -0.2) is 14.4 Å². The highest BCUT2D eigenvalue weighted by Gasteiger charge is 2.32. The van der Waals surface area contributed by atoms with Crippen LogP contribution in [0.1, 0.15) is 51.2 Å². The van der Waals surface area contributed by atoms with Gasteiger partial charge in [-0.2, -0.15) is 0 Å². The molecule has 0 radical (unpaired) electrons. The van der Waals surface area contributed by atoms with E-state index < -0.39 is 36.1 Å². The minimum Gasteiger partial charge on any atom is -0.458 e. The zero-order valence-electron chi connectivity index (χ0n) is 19.7. The number of rotatable bonds is 7. The largest absolute Gasteiger partial charge is 0.458 e. The highest BCUT2D eigenvalue weighted by molar-refractivity contribution is 5.87. The standard InChI is InChI=1S/C25H29N3O6/c1-15(26)28-34-22(29)13-21(23(30)33-25(2,3)4)27-24(31)32-14-20-18-11-7-5-9-16(18)17-10-6-8-12-19(17)20/h5-12,20-21H,13-14H2,1-4H3,(H2,26,28)(H,27,31)/t21-/m0/s1. The lowest BCUT2D eigenvalue weighted by atomic mass is 9.98. The predicted octanol–water partition coefficient (Wildman–Crippen LogP) is 3.46. The Morgan fingerprint density at radius 3 is 2.12 bits per heavy atom. The average Bonchev–Trinajstić information content (AvgIpc) is 3.08. The van der Waals surface area contributed by atoms with E-state index in [2.05, 4.69) is 15.3 Å². The molecule has 34 heavy (non-hydrogen) atoms. The third-order valence-corrected chi connectivity index (χ3v) is 4.99.